The van der Waals surface area contributed by atoms with Gasteiger partial charge in [-0.1, -0.05) is 26.0 Å². The molecule has 0 unspecified atom stereocenters. The molecule has 1 heterocycles. The molecule has 12 heavy (non-hydrogen) atoms. The third-order valence-electron chi connectivity index (χ3n) is 2.22. The highest BCUT2D eigenvalue weighted by Crippen LogP contribution is 2.32. The van der Waals surface area contributed by atoms with Crippen LogP contribution < -0.4 is 0 Å². The average Bonchev–Trinajstić information content (AvgIpc) is 2.49. The second-order valence-corrected chi connectivity index (χ2v) is 3.40. The number of azo groups is 1. The van der Waals surface area contributed by atoms with E-state index >= 15 is 0 Å². The van der Waals surface area contributed by atoms with Crippen LogP contribution in [-0.2, 0) is 6.54 Å². The Morgan fingerprint density at radius 3 is 2.92 bits per heavy atom. The van der Waals surface area contributed by atoms with Crippen LogP contribution in [0.4, 0.5) is 5.69 Å². The summed E-state index contributed by atoms with van der Waals surface area (Å²) in [7, 11) is 0. The third-order valence-corrected chi connectivity index (χ3v) is 2.22. The van der Waals surface area contributed by atoms with Crippen molar-refractivity contribution >= 4 is 5.69 Å². The predicted molar refractivity (Wildman–Crippen MR) is 48.8 cm³/mol. The van der Waals surface area contributed by atoms with Crippen molar-refractivity contribution in [3.05, 3.63) is 29.3 Å². The Hall–Kier alpha value is -1.18. The van der Waals surface area contributed by atoms with Gasteiger partial charge in [-0.2, -0.15) is 10.2 Å². The van der Waals surface area contributed by atoms with Crippen molar-refractivity contribution < 1.29 is 0 Å². The summed E-state index contributed by atoms with van der Waals surface area (Å²) in [5, 5.41) is 8.09. The molecule has 0 atom stereocenters. The van der Waals surface area contributed by atoms with Gasteiger partial charge in [0.2, 0.25) is 0 Å². The van der Waals surface area contributed by atoms with Crippen LogP contribution in [0, 0.1) is 0 Å². The lowest BCUT2D eigenvalue weighted by molar-refractivity contribution is 0.846. The van der Waals surface area contributed by atoms with Gasteiger partial charge in [-0.15, -0.1) is 0 Å². The third kappa shape index (κ3) is 1.04. The maximum Gasteiger partial charge on any atom is 0.0906 e. The first-order valence-corrected chi connectivity index (χ1v) is 4.28. The van der Waals surface area contributed by atoms with Crippen LogP contribution in [0.25, 0.3) is 0 Å². The zero-order valence-corrected chi connectivity index (χ0v) is 7.41. The highest BCUT2D eigenvalue weighted by atomic mass is 15.1. The van der Waals surface area contributed by atoms with E-state index in [1.165, 1.54) is 11.1 Å². The lowest BCUT2D eigenvalue weighted by atomic mass is 9.96. The van der Waals surface area contributed by atoms with Crippen LogP contribution in [0.3, 0.4) is 0 Å². The fraction of sp³-hybridized carbons (Fsp3) is 0.400. The number of fused-ring (bicyclic) bond motifs is 1. The summed E-state index contributed by atoms with van der Waals surface area (Å²) in [6.07, 6.45) is 0. The zero-order valence-electron chi connectivity index (χ0n) is 7.41. The minimum absolute atomic E-state index is 0.573. The Balaban J connectivity index is 2.53. The number of nitrogens with zero attached hydrogens (tertiary/aromatic N) is 2. The standard InChI is InChI=1S/C10H12N2/c1-7(2)8-4-3-5-10-9(8)6-11-12-10/h3-5,7H,6H2,1-2H3. The van der Waals surface area contributed by atoms with E-state index in [1.807, 2.05) is 6.07 Å². The predicted octanol–water partition coefficient (Wildman–Crippen LogP) is 3.41. The van der Waals surface area contributed by atoms with Gasteiger partial charge in [0.05, 0.1) is 12.2 Å². The Kier molecular flexibility index (Phi) is 1.68. The highest BCUT2D eigenvalue weighted by molar-refractivity contribution is 5.52. The van der Waals surface area contributed by atoms with Gasteiger partial charge in [-0.05, 0) is 17.5 Å². The first-order chi connectivity index (χ1) is 5.79. The van der Waals surface area contributed by atoms with Crippen LogP contribution in [0.5, 0.6) is 0 Å². The molecule has 2 nitrogen and oxygen atoms in total. The molecule has 2 rings (SSSR count). The van der Waals surface area contributed by atoms with Crippen LogP contribution in [0.15, 0.2) is 28.4 Å². The molecule has 0 aromatic heterocycles. The van der Waals surface area contributed by atoms with Crippen molar-refractivity contribution in [2.45, 2.75) is 26.3 Å². The molecule has 1 aromatic rings. The molecule has 0 aliphatic carbocycles. The Labute approximate surface area is 72.3 Å². The summed E-state index contributed by atoms with van der Waals surface area (Å²) in [5.74, 6) is 0.573. The minimum Gasteiger partial charge on any atom is -0.184 e. The van der Waals surface area contributed by atoms with E-state index in [1.54, 1.807) is 0 Å². The summed E-state index contributed by atoms with van der Waals surface area (Å²) in [4.78, 5) is 0. The fourth-order valence-electron chi connectivity index (χ4n) is 1.58. The fourth-order valence-corrected chi connectivity index (χ4v) is 1.58. The number of hydrogen-bond acceptors (Lipinski definition) is 2. The SMILES string of the molecule is CC(C)c1cccc2c1CN=N2. The highest BCUT2D eigenvalue weighted by Gasteiger charge is 2.13. The topological polar surface area (TPSA) is 24.7 Å². The molecule has 0 saturated heterocycles. The molecule has 0 spiro atoms. The van der Waals surface area contributed by atoms with Crippen molar-refractivity contribution in [1.82, 2.24) is 0 Å². The first-order valence-electron chi connectivity index (χ1n) is 4.28. The summed E-state index contributed by atoms with van der Waals surface area (Å²) in [5.41, 5.74) is 3.76. The molecule has 0 amide bonds. The molecule has 0 saturated carbocycles. The van der Waals surface area contributed by atoms with Crippen LogP contribution in [0.2, 0.25) is 0 Å². The quantitative estimate of drug-likeness (QED) is 0.601. The number of benzene rings is 1. The molecule has 0 radical (unpaired) electrons. The van der Waals surface area contributed by atoms with Gasteiger partial charge >= 0.3 is 0 Å². The maximum absolute atomic E-state index is 4.07. The lowest BCUT2D eigenvalue weighted by Crippen LogP contribution is -1.92. The smallest absolute Gasteiger partial charge is 0.0906 e. The van der Waals surface area contributed by atoms with E-state index in [0.717, 1.165) is 12.2 Å². The minimum atomic E-state index is 0.573. The second-order valence-electron chi connectivity index (χ2n) is 3.40. The first kappa shape index (κ1) is 7.47. The normalized spacial score (nSPS) is 13.9. The van der Waals surface area contributed by atoms with Crippen LogP contribution >= 0.6 is 0 Å². The molecule has 1 aromatic carbocycles. The van der Waals surface area contributed by atoms with E-state index in [4.69, 9.17) is 0 Å². The van der Waals surface area contributed by atoms with Gasteiger partial charge < -0.3 is 0 Å². The van der Waals surface area contributed by atoms with Gasteiger partial charge in [-0.25, -0.2) is 0 Å². The van der Waals surface area contributed by atoms with Crippen LogP contribution in [0.1, 0.15) is 30.9 Å². The Morgan fingerprint density at radius 1 is 1.33 bits per heavy atom. The summed E-state index contributed by atoms with van der Waals surface area (Å²) >= 11 is 0. The van der Waals surface area contributed by atoms with E-state index in [9.17, 15) is 0 Å². The van der Waals surface area contributed by atoms with Crippen molar-refractivity contribution in [3.8, 4) is 0 Å². The zero-order chi connectivity index (χ0) is 8.55. The summed E-state index contributed by atoms with van der Waals surface area (Å²) < 4.78 is 0. The average molecular weight is 160 g/mol. The molecule has 2 heteroatoms. The number of hydrogen-bond donors (Lipinski definition) is 0. The van der Waals surface area contributed by atoms with Gasteiger partial charge in [0.15, 0.2) is 0 Å². The molecular formula is C10H12N2. The van der Waals surface area contributed by atoms with Crippen LogP contribution in [-0.4, -0.2) is 0 Å². The second kappa shape index (κ2) is 2.70. The molecule has 0 N–H and O–H groups in total. The molecule has 0 fully saturated rings. The van der Waals surface area contributed by atoms with Gasteiger partial charge in [0.1, 0.15) is 0 Å². The lowest BCUT2D eigenvalue weighted by Gasteiger charge is -2.08. The molecule has 1 aliphatic rings. The maximum atomic E-state index is 4.07. The Morgan fingerprint density at radius 2 is 2.17 bits per heavy atom. The number of rotatable bonds is 1. The molecule has 0 bridgehead atoms. The van der Waals surface area contributed by atoms with E-state index in [-0.39, 0.29) is 0 Å². The largest absolute Gasteiger partial charge is 0.184 e. The summed E-state index contributed by atoms with van der Waals surface area (Å²) in [6.45, 7) is 5.17. The van der Waals surface area contributed by atoms with Gasteiger partial charge in [0.25, 0.3) is 0 Å². The van der Waals surface area contributed by atoms with E-state index in [0.29, 0.717) is 5.92 Å². The van der Waals surface area contributed by atoms with E-state index in [2.05, 4.69) is 36.2 Å². The van der Waals surface area contributed by atoms with Crippen molar-refractivity contribution in [2.24, 2.45) is 10.2 Å². The van der Waals surface area contributed by atoms with Gasteiger partial charge in [-0.3, -0.25) is 0 Å². The van der Waals surface area contributed by atoms with Crippen molar-refractivity contribution in [2.75, 3.05) is 0 Å². The molecular weight excluding hydrogens is 148 g/mol. The Bertz CT molecular complexity index is 327. The van der Waals surface area contributed by atoms with Crippen molar-refractivity contribution in [3.63, 3.8) is 0 Å². The molecule has 62 valence electrons. The van der Waals surface area contributed by atoms with Crippen molar-refractivity contribution in [1.29, 1.82) is 0 Å². The monoisotopic (exact) mass is 160 g/mol. The summed E-state index contributed by atoms with van der Waals surface area (Å²) in [6, 6.07) is 6.25. The van der Waals surface area contributed by atoms with Gasteiger partial charge in [0, 0.05) is 5.56 Å². The molecule has 1 aliphatic heterocycles. The van der Waals surface area contributed by atoms with E-state index < -0.39 is 0 Å².